The van der Waals surface area contributed by atoms with Crippen molar-refractivity contribution >= 4 is 33.6 Å². The van der Waals surface area contributed by atoms with E-state index in [2.05, 4.69) is 15.9 Å². The molecule has 22 heavy (non-hydrogen) atoms. The minimum absolute atomic E-state index is 0.0398. The van der Waals surface area contributed by atoms with Gasteiger partial charge in [0.2, 0.25) is 0 Å². The Bertz CT molecular complexity index is 583. The average Bonchev–Trinajstić information content (AvgIpc) is 2.46. The van der Waals surface area contributed by atoms with Crippen molar-refractivity contribution in [2.75, 3.05) is 13.2 Å². The monoisotopic (exact) mass is 373 g/mol. The summed E-state index contributed by atoms with van der Waals surface area (Å²) in [5, 5.41) is 11.3. The standard InChI is InChI=1S/C14H16BrNO6/c1-4-21-12(17)14(3,13(18)22-5-2)10-7-6-9(15)8-11(10)16(19)20/h6-8H,4-5H2,1-3H3. The van der Waals surface area contributed by atoms with Crippen molar-refractivity contribution in [3.63, 3.8) is 0 Å². The van der Waals surface area contributed by atoms with Crippen LogP contribution in [0.5, 0.6) is 0 Å². The topological polar surface area (TPSA) is 95.7 Å². The van der Waals surface area contributed by atoms with Gasteiger partial charge in [0.25, 0.3) is 5.69 Å². The zero-order chi connectivity index (χ0) is 16.9. The van der Waals surface area contributed by atoms with Gasteiger partial charge >= 0.3 is 11.9 Å². The van der Waals surface area contributed by atoms with Gasteiger partial charge in [-0.25, -0.2) is 0 Å². The first-order valence-corrected chi connectivity index (χ1v) is 7.37. The molecule has 8 heteroatoms. The third-order valence-corrected chi connectivity index (χ3v) is 3.56. The van der Waals surface area contributed by atoms with Gasteiger partial charge in [-0.05, 0) is 32.9 Å². The Kier molecular flexibility index (Phi) is 6.04. The molecule has 7 nitrogen and oxygen atoms in total. The highest BCUT2D eigenvalue weighted by molar-refractivity contribution is 9.10. The second-order valence-electron chi connectivity index (χ2n) is 4.48. The number of nitro benzene ring substituents is 1. The highest BCUT2D eigenvalue weighted by Gasteiger charge is 2.49. The molecule has 0 N–H and O–H groups in total. The van der Waals surface area contributed by atoms with Crippen molar-refractivity contribution in [3.05, 3.63) is 38.3 Å². The zero-order valence-electron chi connectivity index (χ0n) is 12.4. The van der Waals surface area contributed by atoms with Crippen LogP contribution < -0.4 is 0 Å². The van der Waals surface area contributed by atoms with Crippen molar-refractivity contribution < 1.29 is 24.0 Å². The molecule has 0 aliphatic carbocycles. The number of ether oxygens (including phenoxy) is 2. The Balaban J connectivity index is 3.55. The first kappa shape index (κ1) is 18.1. The summed E-state index contributed by atoms with van der Waals surface area (Å²) < 4.78 is 10.3. The average molecular weight is 374 g/mol. The fourth-order valence-electron chi connectivity index (χ4n) is 1.93. The van der Waals surface area contributed by atoms with Crippen molar-refractivity contribution in [2.24, 2.45) is 0 Å². The smallest absolute Gasteiger partial charge is 0.328 e. The number of carbonyl (C=O) groups is 2. The first-order valence-electron chi connectivity index (χ1n) is 6.57. The Labute approximate surface area is 135 Å². The summed E-state index contributed by atoms with van der Waals surface area (Å²) >= 11 is 3.13. The van der Waals surface area contributed by atoms with Crippen LogP contribution in [0.2, 0.25) is 0 Å². The van der Waals surface area contributed by atoms with Crippen LogP contribution in [-0.2, 0) is 24.5 Å². The lowest BCUT2D eigenvalue weighted by Gasteiger charge is -2.25. The van der Waals surface area contributed by atoms with Crippen LogP contribution in [0, 0.1) is 10.1 Å². The van der Waals surface area contributed by atoms with E-state index >= 15 is 0 Å². The Morgan fingerprint density at radius 3 is 2.14 bits per heavy atom. The molecule has 1 aromatic rings. The van der Waals surface area contributed by atoms with Crippen LogP contribution in [-0.4, -0.2) is 30.1 Å². The highest BCUT2D eigenvalue weighted by atomic mass is 79.9. The molecular formula is C14H16BrNO6. The summed E-state index contributed by atoms with van der Waals surface area (Å²) in [4.78, 5) is 35.2. The molecule has 1 rings (SSSR count). The maximum atomic E-state index is 12.3. The second-order valence-corrected chi connectivity index (χ2v) is 5.40. The number of carbonyl (C=O) groups excluding carboxylic acids is 2. The van der Waals surface area contributed by atoms with Gasteiger partial charge < -0.3 is 9.47 Å². The molecule has 1 aromatic carbocycles. The van der Waals surface area contributed by atoms with Gasteiger partial charge in [0.1, 0.15) is 0 Å². The van der Waals surface area contributed by atoms with E-state index in [9.17, 15) is 19.7 Å². The summed E-state index contributed by atoms with van der Waals surface area (Å²) in [5.74, 6) is -1.78. The molecule has 0 aromatic heterocycles. The van der Waals surface area contributed by atoms with Crippen molar-refractivity contribution in [2.45, 2.75) is 26.2 Å². The molecule has 0 unspecified atom stereocenters. The number of halogens is 1. The largest absolute Gasteiger partial charge is 0.465 e. The predicted octanol–water partition coefficient (Wildman–Crippen LogP) is 2.74. The summed E-state index contributed by atoms with van der Waals surface area (Å²) in [5.41, 5.74) is -2.34. The van der Waals surface area contributed by atoms with Crippen molar-refractivity contribution in [1.82, 2.24) is 0 Å². The summed E-state index contributed by atoms with van der Waals surface area (Å²) in [6.45, 7) is 4.51. The van der Waals surface area contributed by atoms with Crippen LogP contribution in [0.3, 0.4) is 0 Å². The number of nitrogens with zero attached hydrogens (tertiary/aromatic N) is 1. The molecule has 0 aliphatic heterocycles. The number of hydrogen-bond donors (Lipinski definition) is 0. The maximum Gasteiger partial charge on any atom is 0.328 e. The van der Waals surface area contributed by atoms with Crippen LogP contribution in [0.4, 0.5) is 5.69 Å². The molecule has 0 fully saturated rings. The lowest BCUT2D eigenvalue weighted by molar-refractivity contribution is -0.386. The van der Waals surface area contributed by atoms with Crippen LogP contribution in [0.15, 0.2) is 22.7 Å². The molecule has 0 saturated carbocycles. The van der Waals surface area contributed by atoms with Crippen LogP contribution >= 0.6 is 15.9 Å². The molecule has 0 bridgehead atoms. The van der Waals surface area contributed by atoms with E-state index in [0.29, 0.717) is 4.47 Å². The van der Waals surface area contributed by atoms with E-state index in [1.165, 1.54) is 25.1 Å². The Morgan fingerprint density at radius 1 is 1.23 bits per heavy atom. The number of nitro groups is 1. The lowest BCUT2D eigenvalue weighted by Crippen LogP contribution is -2.44. The molecule has 120 valence electrons. The van der Waals surface area contributed by atoms with Gasteiger partial charge in [0, 0.05) is 10.5 Å². The Hall–Kier alpha value is -1.96. The predicted molar refractivity (Wildman–Crippen MR) is 81.4 cm³/mol. The Morgan fingerprint density at radius 2 is 1.73 bits per heavy atom. The lowest BCUT2D eigenvalue weighted by atomic mass is 9.81. The molecule has 0 atom stereocenters. The van der Waals surface area contributed by atoms with Crippen molar-refractivity contribution in [3.8, 4) is 0 Å². The first-order chi connectivity index (χ1) is 10.3. The normalized spacial score (nSPS) is 10.9. The number of hydrogen-bond acceptors (Lipinski definition) is 6. The molecule has 0 heterocycles. The summed E-state index contributed by atoms with van der Waals surface area (Å²) in [6, 6.07) is 4.08. The summed E-state index contributed by atoms with van der Waals surface area (Å²) in [6.07, 6.45) is 0. The van der Waals surface area contributed by atoms with E-state index in [4.69, 9.17) is 9.47 Å². The van der Waals surface area contributed by atoms with Gasteiger partial charge in [-0.3, -0.25) is 19.7 Å². The van der Waals surface area contributed by atoms with E-state index in [0.717, 1.165) is 0 Å². The van der Waals surface area contributed by atoms with Gasteiger partial charge in [0.05, 0.1) is 23.7 Å². The van der Waals surface area contributed by atoms with E-state index in [-0.39, 0.29) is 24.5 Å². The van der Waals surface area contributed by atoms with E-state index in [1.807, 2.05) is 0 Å². The number of esters is 2. The van der Waals surface area contributed by atoms with Gasteiger partial charge in [-0.15, -0.1) is 0 Å². The fourth-order valence-corrected chi connectivity index (χ4v) is 2.28. The second kappa shape index (κ2) is 7.35. The molecule has 0 saturated heterocycles. The third-order valence-electron chi connectivity index (χ3n) is 3.06. The zero-order valence-corrected chi connectivity index (χ0v) is 14.0. The number of benzene rings is 1. The van der Waals surface area contributed by atoms with Gasteiger partial charge in [-0.1, -0.05) is 15.9 Å². The molecular weight excluding hydrogens is 358 g/mol. The maximum absolute atomic E-state index is 12.3. The minimum atomic E-state index is -1.91. The van der Waals surface area contributed by atoms with Crippen LogP contribution in [0.25, 0.3) is 0 Å². The van der Waals surface area contributed by atoms with Crippen LogP contribution in [0.1, 0.15) is 26.3 Å². The van der Waals surface area contributed by atoms with E-state index < -0.39 is 22.3 Å². The molecule has 0 aliphatic rings. The fraction of sp³-hybridized carbons (Fsp3) is 0.429. The minimum Gasteiger partial charge on any atom is -0.465 e. The summed E-state index contributed by atoms with van der Waals surface area (Å²) in [7, 11) is 0. The molecule has 0 amide bonds. The third kappa shape index (κ3) is 3.44. The number of rotatable bonds is 6. The van der Waals surface area contributed by atoms with Gasteiger partial charge in [-0.2, -0.15) is 0 Å². The molecule has 0 spiro atoms. The van der Waals surface area contributed by atoms with E-state index in [1.54, 1.807) is 13.8 Å². The quantitative estimate of drug-likeness (QED) is 0.329. The molecule has 0 radical (unpaired) electrons. The SMILES string of the molecule is CCOC(=O)C(C)(C(=O)OCC)c1ccc(Br)cc1[N+](=O)[O-]. The highest BCUT2D eigenvalue weighted by Crippen LogP contribution is 2.36. The van der Waals surface area contributed by atoms with Gasteiger partial charge in [0.15, 0.2) is 5.41 Å². The van der Waals surface area contributed by atoms with Crippen molar-refractivity contribution in [1.29, 1.82) is 0 Å².